The number of hydrogen-bond acceptors (Lipinski definition) is 4. The lowest BCUT2D eigenvalue weighted by molar-refractivity contribution is -0.148. The Bertz CT molecular complexity index is 700. The lowest BCUT2D eigenvalue weighted by Gasteiger charge is -2.24. The zero-order valence-corrected chi connectivity index (χ0v) is 16.1. The topological polar surface area (TPSA) is 95.9 Å². The first-order chi connectivity index (χ1) is 13.5. The average Bonchev–Trinajstić information content (AvgIpc) is 3.31. The minimum absolute atomic E-state index is 0.0441. The predicted molar refractivity (Wildman–Crippen MR) is 103 cm³/mol. The maximum Gasteiger partial charge on any atom is 0.326 e. The SMILES string of the molecule is O=C(CCCOc1ccccc1)NCC(=O)N1CC2(CCCC2)CC1C(=O)O. The van der Waals surface area contributed by atoms with Gasteiger partial charge >= 0.3 is 5.97 Å². The van der Waals surface area contributed by atoms with E-state index in [2.05, 4.69) is 5.32 Å². The van der Waals surface area contributed by atoms with Crippen LogP contribution in [-0.2, 0) is 14.4 Å². The van der Waals surface area contributed by atoms with Crippen molar-refractivity contribution in [1.29, 1.82) is 0 Å². The van der Waals surface area contributed by atoms with Crippen molar-refractivity contribution in [3.05, 3.63) is 30.3 Å². The molecule has 1 unspecified atom stereocenters. The van der Waals surface area contributed by atoms with Gasteiger partial charge in [-0.15, -0.1) is 0 Å². The molecule has 3 rings (SSSR count). The molecule has 2 fully saturated rings. The molecule has 1 atom stereocenters. The third kappa shape index (κ3) is 5.03. The summed E-state index contributed by atoms with van der Waals surface area (Å²) in [6, 6.07) is 8.59. The highest BCUT2D eigenvalue weighted by Gasteiger charge is 2.49. The highest BCUT2D eigenvalue weighted by molar-refractivity contribution is 5.88. The van der Waals surface area contributed by atoms with Crippen LogP contribution in [0.2, 0.25) is 0 Å². The summed E-state index contributed by atoms with van der Waals surface area (Å²) in [5, 5.41) is 12.1. The molecular formula is C21H28N2O5. The van der Waals surface area contributed by atoms with Gasteiger partial charge in [0.25, 0.3) is 0 Å². The molecule has 0 aromatic heterocycles. The van der Waals surface area contributed by atoms with E-state index in [4.69, 9.17) is 4.74 Å². The Hall–Kier alpha value is -2.57. The molecule has 2 N–H and O–H groups in total. The Kier molecular flexibility index (Phi) is 6.54. The summed E-state index contributed by atoms with van der Waals surface area (Å²) >= 11 is 0. The summed E-state index contributed by atoms with van der Waals surface area (Å²) in [5.41, 5.74) is -0.0441. The number of nitrogens with zero attached hydrogens (tertiary/aromatic N) is 1. The fourth-order valence-electron chi connectivity index (χ4n) is 4.33. The third-order valence-electron chi connectivity index (χ3n) is 5.77. The summed E-state index contributed by atoms with van der Waals surface area (Å²) < 4.78 is 5.54. The van der Waals surface area contributed by atoms with Gasteiger partial charge in [0.05, 0.1) is 13.2 Å². The number of carboxylic acid groups (broad SMARTS) is 1. The molecule has 7 nitrogen and oxygen atoms in total. The number of para-hydroxylation sites is 1. The quantitative estimate of drug-likeness (QED) is 0.666. The molecule has 0 radical (unpaired) electrons. The van der Waals surface area contributed by atoms with Gasteiger partial charge in [0, 0.05) is 13.0 Å². The molecule has 1 aliphatic heterocycles. The first kappa shape index (κ1) is 20.2. The fraction of sp³-hybridized carbons (Fsp3) is 0.571. The van der Waals surface area contributed by atoms with E-state index < -0.39 is 12.0 Å². The van der Waals surface area contributed by atoms with Crippen LogP contribution in [0.5, 0.6) is 5.75 Å². The number of ether oxygens (including phenoxy) is 1. The number of nitrogens with one attached hydrogen (secondary N) is 1. The highest BCUT2D eigenvalue weighted by atomic mass is 16.5. The summed E-state index contributed by atoms with van der Waals surface area (Å²) in [6.45, 7) is 0.753. The molecule has 1 aliphatic carbocycles. The van der Waals surface area contributed by atoms with E-state index in [0.29, 0.717) is 26.0 Å². The van der Waals surface area contributed by atoms with Crippen molar-refractivity contribution >= 4 is 17.8 Å². The lowest BCUT2D eigenvalue weighted by atomic mass is 9.84. The van der Waals surface area contributed by atoms with Crippen LogP contribution in [0.15, 0.2) is 30.3 Å². The van der Waals surface area contributed by atoms with Gasteiger partial charge < -0.3 is 20.1 Å². The Morgan fingerprint density at radius 1 is 1.18 bits per heavy atom. The average molecular weight is 388 g/mol. The molecule has 2 aliphatic rings. The maximum absolute atomic E-state index is 12.5. The van der Waals surface area contributed by atoms with E-state index in [1.807, 2.05) is 30.3 Å². The van der Waals surface area contributed by atoms with Gasteiger partial charge in [-0.3, -0.25) is 9.59 Å². The van der Waals surface area contributed by atoms with Gasteiger partial charge in [-0.05, 0) is 43.2 Å². The summed E-state index contributed by atoms with van der Waals surface area (Å²) in [7, 11) is 0. The van der Waals surface area contributed by atoms with Crippen LogP contribution < -0.4 is 10.1 Å². The highest BCUT2D eigenvalue weighted by Crippen LogP contribution is 2.47. The van der Waals surface area contributed by atoms with Crippen molar-refractivity contribution in [3.8, 4) is 5.75 Å². The number of carbonyl (C=O) groups is 3. The van der Waals surface area contributed by atoms with Gasteiger partial charge in [-0.2, -0.15) is 0 Å². The van der Waals surface area contributed by atoms with E-state index in [-0.39, 0.29) is 30.2 Å². The molecule has 1 saturated carbocycles. The molecular weight excluding hydrogens is 360 g/mol. The van der Waals surface area contributed by atoms with Crippen molar-refractivity contribution < 1.29 is 24.2 Å². The Morgan fingerprint density at radius 2 is 1.89 bits per heavy atom. The van der Waals surface area contributed by atoms with Crippen molar-refractivity contribution in [2.45, 2.75) is 51.0 Å². The Labute approximate surface area is 165 Å². The van der Waals surface area contributed by atoms with Crippen LogP contribution in [0.3, 0.4) is 0 Å². The van der Waals surface area contributed by atoms with Gasteiger partial charge in [0.15, 0.2) is 0 Å². The monoisotopic (exact) mass is 388 g/mol. The molecule has 7 heteroatoms. The normalized spacial score (nSPS) is 20.3. The molecule has 0 bridgehead atoms. The molecule has 1 saturated heterocycles. The summed E-state index contributed by atoms with van der Waals surface area (Å²) in [6.07, 6.45) is 5.47. The van der Waals surface area contributed by atoms with Crippen LogP contribution >= 0.6 is 0 Å². The van der Waals surface area contributed by atoms with Gasteiger partial charge in [0.1, 0.15) is 11.8 Å². The number of carbonyl (C=O) groups excluding carboxylic acids is 2. The first-order valence-electron chi connectivity index (χ1n) is 9.96. The number of likely N-dealkylation sites (tertiary alicyclic amines) is 1. The number of benzene rings is 1. The van der Waals surface area contributed by atoms with Crippen LogP contribution in [0.25, 0.3) is 0 Å². The molecule has 1 heterocycles. The van der Waals surface area contributed by atoms with Crippen molar-refractivity contribution in [2.24, 2.45) is 5.41 Å². The third-order valence-corrected chi connectivity index (χ3v) is 5.77. The van der Waals surface area contributed by atoms with E-state index >= 15 is 0 Å². The number of amides is 2. The fourth-order valence-corrected chi connectivity index (χ4v) is 4.33. The minimum Gasteiger partial charge on any atom is -0.494 e. The van der Waals surface area contributed by atoms with Gasteiger partial charge in [-0.1, -0.05) is 31.0 Å². The minimum atomic E-state index is -0.957. The van der Waals surface area contributed by atoms with Crippen LogP contribution in [0, 0.1) is 5.41 Å². The van der Waals surface area contributed by atoms with Gasteiger partial charge in [-0.25, -0.2) is 4.79 Å². The summed E-state index contributed by atoms with van der Waals surface area (Å²) in [5.74, 6) is -0.745. The van der Waals surface area contributed by atoms with Crippen LogP contribution in [-0.4, -0.2) is 53.5 Å². The number of rotatable bonds is 8. The smallest absolute Gasteiger partial charge is 0.326 e. The molecule has 2 amide bonds. The maximum atomic E-state index is 12.5. The summed E-state index contributed by atoms with van der Waals surface area (Å²) in [4.78, 5) is 37.6. The van der Waals surface area contributed by atoms with E-state index in [9.17, 15) is 19.5 Å². The van der Waals surface area contributed by atoms with E-state index in [1.54, 1.807) is 0 Å². The van der Waals surface area contributed by atoms with Crippen molar-refractivity contribution in [2.75, 3.05) is 19.7 Å². The van der Waals surface area contributed by atoms with Gasteiger partial charge in [0.2, 0.25) is 11.8 Å². The largest absolute Gasteiger partial charge is 0.494 e. The second kappa shape index (κ2) is 9.08. The molecule has 1 aromatic carbocycles. The standard InChI is InChI=1S/C21H28N2O5/c24-18(9-6-12-28-16-7-2-1-3-8-16)22-14-19(25)23-15-21(10-4-5-11-21)13-17(23)20(26)27/h1-3,7-8,17H,4-6,9-15H2,(H,22,24)(H,26,27). The second-order valence-corrected chi connectivity index (χ2v) is 7.83. The Morgan fingerprint density at radius 3 is 2.57 bits per heavy atom. The lowest BCUT2D eigenvalue weighted by Crippen LogP contribution is -2.45. The molecule has 1 spiro atoms. The van der Waals surface area contributed by atoms with Crippen LogP contribution in [0.1, 0.15) is 44.9 Å². The van der Waals surface area contributed by atoms with E-state index in [0.717, 1.165) is 31.4 Å². The zero-order chi connectivity index (χ0) is 20.0. The van der Waals surface area contributed by atoms with Crippen molar-refractivity contribution in [1.82, 2.24) is 10.2 Å². The van der Waals surface area contributed by atoms with Crippen molar-refractivity contribution in [3.63, 3.8) is 0 Å². The van der Waals surface area contributed by atoms with Crippen LogP contribution in [0.4, 0.5) is 0 Å². The zero-order valence-electron chi connectivity index (χ0n) is 16.1. The number of hydrogen-bond donors (Lipinski definition) is 2. The molecule has 28 heavy (non-hydrogen) atoms. The first-order valence-corrected chi connectivity index (χ1v) is 9.96. The molecule has 1 aromatic rings. The number of aliphatic carboxylic acids is 1. The molecule has 152 valence electrons. The van der Waals surface area contributed by atoms with E-state index in [1.165, 1.54) is 4.90 Å². The Balaban J connectivity index is 1.40. The number of carboxylic acids is 1. The predicted octanol–water partition coefficient (Wildman–Crippen LogP) is 2.21. The second-order valence-electron chi connectivity index (χ2n) is 7.83.